The van der Waals surface area contributed by atoms with Crippen LogP contribution in [0.4, 0.5) is 5.69 Å². The Labute approximate surface area is 111 Å². The first kappa shape index (κ1) is 12.6. The highest BCUT2D eigenvalue weighted by Gasteiger charge is 2.20. The fraction of sp³-hybridized carbons (Fsp3) is 0.417. The molecule has 2 N–H and O–H groups in total. The standard InChI is InChI=1S/C12H15ClN2OS/c1-8-7-15(4-5-16-8)11-3-2-9(13)6-10(11)12(14)17/h2-3,6,8H,4-5,7H2,1H3,(H2,14,17). The van der Waals surface area contributed by atoms with Crippen LogP contribution in [0.2, 0.25) is 5.02 Å². The molecular formula is C12H15ClN2OS. The summed E-state index contributed by atoms with van der Waals surface area (Å²) in [6.45, 7) is 4.47. The molecule has 3 nitrogen and oxygen atoms in total. The molecule has 1 aliphatic heterocycles. The zero-order chi connectivity index (χ0) is 12.4. The number of hydrogen-bond acceptors (Lipinski definition) is 3. The minimum Gasteiger partial charge on any atom is -0.389 e. The van der Waals surface area contributed by atoms with Crippen LogP contribution in [0, 0.1) is 0 Å². The summed E-state index contributed by atoms with van der Waals surface area (Å²) in [7, 11) is 0. The van der Waals surface area contributed by atoms with E-state index in [0.717, 1.165) is 30.9 Å². The summed E-state index contributed by atoms with van der Waals surface area (Å²) >= 11 is 11.0. The van der Waals surface area contributed by atoms with Crippen LogP contribution >= 0.6 is 23.8 Å². The fourth-order valence-electron chi connectivity index (χ4n) is 2.02. The fourth-order valence-corrected chi connectivity index (χ4v) is 2.35. The number of nitrogens with two attached hydrogens (primary N) is 1. The SMILES string of the molecule is CC1CN(c2ccc(Cl)cc2C(N)=S)CCO1. The summed E-state index contributed by atoms with van der Waals surface area (Å²) in [6.07, 6.45) is 0.221. The molecule has 1 saturated heterocycles. The Hall–Kier alpha value is -0.840. The maximum Gasteiger partial charge on any atom is 0.106 e. The van der Waals surface area contributed by atoms with E-state index in [9.17, 15) is 0 Å². The van der Waals surface area contributed by atoms with Crippen LogP contribution in [0.5, 0.6) is 0 Å². The van der Waals surface area contributed by atoms with Gasteiger partial charge in [-0.2, -0.15) is 0 Å². The lowest BCUT2D eigenvalue weighted by molar-refractivity contribution is 0.0532. The third-order valence-electron chi connectivity index (χ3n) is 2.81. The smallest absolute Gasteiger partial charge is 0.106 e. The number of halogens is 1. The summed E-state index contributed by atoms with van der Waals surface area (Å²) in [5, 5.41) is 0.651. The Morgan fingerprint density at radius 1 is 1.59 bits per heavy atom. The summed E-state index contributed by atoms with van der Waals surface area (Å²) in [5.74, 6) is 0. The molecule has 1 aliphatic rings. The second-order valence-electron chi connectivity index (χ2n) is 4.15. The predicted octanol–water partition coefficient (Wildman–Crippen LogP) is 2.20. The third-order valence-corrected chi connectivity index (χ3v) is 3.26. The average Bonchev–Trinajstić information content (AvgIpc) is 2.28. The van der Waals surface area contributed by atoms with Gasteiger partial charge in [0.05, 0.1) is 12.7 Å². The largest absolute Gasteiger partial charge is 0.389 e. The van der Waals surface area contributed by atoms with Crippen LogP contribution in [0.15, 0.2) is 18.2 Å². The molecule has 0 amide bonds. The molecule has 2 rings (SSSR count). The van der Waals surface area contributed by atoms with E-state index in [1.165, 1.54) is 0 Å². The maximum absolute atomic E-state index is 5.97. The van der Waals surface area contributed by atoms with Crippen molar-refractivity contribution in [2.24, 2.45) is 5.73 Å². The maximum atomic E-state index is 5.97. The Bertz CT molecular complexity index is 439. The average molecular weight is 271 g/mol. The van der Waals surface area contributed by atoms with Crippen molar-refractivity contribution in [1.82, 2.24) is 0 Å². The number of anilines is 1. The van der Waals surface area contributed by atoms with Gasteiger partial charge < -0.3 is 15.4 Å². The third kappa shape index (κ3) is 2.89. The van der Waals surface area contributed by atoms with Gasteiger partial charge in [-0.25, -0.2) is 0 Å². The topological polar surface area (TPSA) is 38.5 Å². The molecule has 1 fully saturated rings. The van der Waals surface area contributed by atoms with Crippen molar-refractivity contribution in [1.29, 1.82) is 0 Å². The zero-order valence-electron chi connectivity index (χ0n) is 9.65. The summed E-state index contributed by atoms with van der Waals surface area (Å²) < 4.78 is 5.52. The van der Waals surface area contributed by atoms with E-state index in [2.05, 4.69) is 11.8 Å². The lowest BCUT2D eigenvalue weighted by Crippen LogP contribution is -2.41. The van der Waals surface area contributed by atoms with Crippen molar-refractivity contribution in [3.05, 3.63) is 28.8 Å². The van der Waals surface area contributed by atoms with Crippen LogP contribution < -0.4 is 10.6 Å². The van der Waals surface area contributed by atoms with Crippen molar-refractivity contribution >= 4 is 34.5 Å². The highest BCUT2D eigenvalue weighted by Crippen LogP contribution is 2.26. The molecule has 0 bridgehead atoms. The number of nitrogens with zero attached hydrogens (tertiary/aromatic N) is 1. The van der Waals surface area contributed by atoms with Gasteiger partial charge in [0.2, 0.25) is 0 Å². The van der Waals surface area contributed by atoms with E-state index in [1.807, 2.05) is 18.2 Å². The Morgan fingerprint density at radius 3 is 3.00 bits per heavy atom. The molecule has 0 radical (unpaired) electrons. The van der Waals surface area contributed by atoms with E-state index in [4.69, 9.17) is 34.3 Å². The first-order chi connectivity index (χ1) is 8.08. The molecule has 1 aromatic rings. The van der Waals surface area contributed by atoms with E-state index >= 15 is 0 Å². The van der Waals surface area contributed by atoms with Gasteiger partial charge >= 0.3 is 0 Å². The van der Waals surface area contributed by atoms with Gasteiger partial charge in [-0.05, 0) is 25.1 Å². The molecule has 1 unspecified atom stereocenters. The van der Waals surface area contributed by atoms with Crippen LogP contribution in [-0.2, 0) is 4.74 Å². The summed E-state index contributed by atoms with van der Waals surface area (Å²) in [6, 6.07) is 5.65. The molecule has 0 saturated carbocycles. The van der Waals surface area contributed by atoms with Gasteiger partial charge in [-0.15, -0.1) is 0 Å². The quantitative estimate of drug-likeness (QED) is 0.837. The number of rotatable bonds is 2. The Balaban J connectivity index is 2.33. The molecule has 1 heterocycles. The first-order valence-corrected chi connectivity index (χ1v) is 6.32. The molecule has 17 heavy (non-hydrogen) atoms. The number of morpholine rings is 1. The number of ether oxygens (including phenoxy) is 1. The van der Waals surface area contributed by atoms with E-state index in [-0.39, 0.29) is 6.10 Å². The van der Waals surface area contributed by atoms with Gasteiger partial charge in [0.15, 0.2) is 0 Å². The zero-order valence-corrected chi connectivity index (χ0v) is 11.2. The van der Waals surface area contributed by atoms with Gasteiger partial charge in [0, 0.05) is 29.4 Å². The van der Waals surface area contributed by atoms with Crippen molar-refractivity contribution in [2.45, 2.75) is 13.0 Å². The molecule has 5 heteroatoms. The summed E-state index contributed by atoms with van der Waals surface area (Å²) in [5.41, 5.74) is 7.61. The van der Waals surface area contributed by atoms with Crippen LogP contribution in [0.25, 0.3) is 0 Å². The Kier molecular flexibility index (Phi) is 3.86. The van der Waals surface area contributed by atoms with Crippen molar-refractivity contribution in [2.75, 3.05) is 24.6 Å². The molecule has 0 spiro atoms. The van der Waals surface area contributed by atoms with Crippen molar-refractivity contribution in [3.8, 4) is 0 Å². The monoisotopic (exact) mass is 270 g/mol. The Morgan fingerprint density at radius 2 is 2.35 bits per heavy atom. The van der Waals surface area contributed by atoms with Crippen LogP contribution in [0.1, 0.15) is 12.5 Å². The van der Waals surface area contributed by atoms with E-state index < -0.39 is 0 Å². The molecule has 1 aromatic carbocycles. The summed E-state index contributed by atoms with van der Waals surface area (Å²) in [4.78, 5) is 2.61. The second-order valence-corrected chi connectivity index (χ2v) is 5.03. The first-order valence-electron chi connectivity index (χ1n) is 5.54. The second kappa shape index (κ2) is 5.21. The van der Waals surface area contributed by atoms with Gasteiger partial charge in [0.1, 0.15) is 4.99 Å². The minimum atomic E-state index is 0.221. The van der Waals surface area contributed by atoms with E-state index in [0.29, 0.717) is 10.0 Å². The van der Waals surface area contributed by atoms with E-state index in [1.54, 1.807) is 0 Å². The van der Waals surface area contributed by atoms with Gasteiger partial charge in [0.25, 0.3) is 0 Å². The predicted molar refractivity (Wildman–Crippen MR) is 75.0 cm³/mol. The molecule has 92 valence electrons. The molecule has 0 aliphatic carbocycles. The normalized spacial score (nSPS) is 20.4. The molecular weight excluding hydrogens is 256 g/mol. The van der Waals surface area contributed by atoms with Crippen molar-refractivity contribution in [3.63, 3.8) is 0 Å². The van der Waals surface area contributed by atoms with Crippen LogP contribution in [0.3, 0.4) is 0 Å². The van der Waals surface area contributed by atoms with Crippen LogP contribution in [-0.4, -0.2) is 30.8 Å². The molecule has 1 atom stereocenters. The van der Waals surface area contributed by atoms with Gasteiger partial charge in [-0.3, -0.25) is 0 Å². The minimum absolute atomic E-state index is 0.221. The number of thiocarbonyl (C=S) groups is 1. The lowest BCUT2D eigenvalue weighted by Gasteiger charge is -2.34. The highest BCUT2D eigenvalue weighted by molar-refractivity contribution is 7.80. The van der Waals surface area contributed by atoms with Gasteiger partial charge in [-0.1, -0.05) is 23.8 Å². The number of benzene rings is 1. The number of hydrogen-bond donors (Lipinski definition) is 1. The lowest BCUT2D eigenvalue weighted by atomic mass is 10.1. The highest BCUT2D eigenvalue weighted by atomic mass is 35.5. The van der Waals surface area contributed by atoms with Crippen molar-refractivity contribution < 1.29 is 4.74 Å². The molecule has 0 aromatic heterocycles.